The van der Waals surface area contributed by atoms with Crippen LogP contribution in [0.3, 0.4) is 0 Å². The fourth-order valence-corrected chi connectivity index (χ4v) is 2.24. The van der Waals surface area contributed by atoms with Gasteiger partial charge in [-0.25, -0.2) is 9.18 Å². The molecule has 0 aliphatic carbocycles. The fourth-order valence-electron chi connectivity index (χ4n) is 2.24. The van der Waals surface area contributed by atoms with Crippen LogP contribution in [0.25, 0.3) is 0 Å². The van der Waals surface area contributed by atoms with Crippen molar-refractivity contribution in [3.8, 4) is 0 Å². The number of carbonyl (C=O) groups excluding carboxylic acids is 1. The number of carbonyl (C=O) groups is 2. The van der Waals surface area contributed by atoms with E-state index in [2.05, 4.69) is 5.32 Å². The highest BCUT2D eigenvalue weighted by Gasteiger charge is 2.13. The number of carboxylic acid groups (broad SMARTS) is 1. The summed E-state index contributed by atoms with van der Waals surface area (Å²) in [6, 6.07) is 13.2. The molecule has 0 unspecified atom stereocenters. The van der Waals surface area contributed by atoms with Gasteiger partial charge >= 0.3 is 5.97 Å². The van der Waals surface area contributed by atoms with Gasteiger partial charge in [0.05, 0.1) is 17.7 Å². The van der Waals surface area contributed by atoms with Crippen LogP contribution in [0.5, 0.6) is 0 Å². The van der Waals surface area contributed by atoms with Gasteiger partial charge in [-0.05, 0) is 36.6 Å². The minimum atomic E-state index is -1.24. The first kappa shape index (κ1) is 18.6. The number of rotatable bonds is 9. The highest BCUT2D eigenvalue weighted by molar-refractivity contribution is 5.96. The summed E-state index contributed by atoms with van der Waals surface area (Å²) in [4.78, 5) is 22.6. The van der Waals surface area contributed by atoms with Gasteiger partial charge in [0, 0.05) is 13.2 Å². The van der Waals surface area contributed by atoms with Crippen LogP contribution in [0, 0.1) is 5.82 Å². The molecule has 1 amide bonds. The molecule has 0 heterocycles. The number of ether oxygens (including phenoxy) is 1. The molecule has 0 aromatic heterocycles. The van der Waals surface area contributed by atoms with Gasteiger partial charge in [-0.3, -0.25) is 4.79 Å². The predicted octanol–water partition coefficient (Wildman–Crippen LogP) is 2.90. The van der Waals surface area contributed by atoms with E-state index >= 15 is 0 Å². The van der Waals surface area contributed by atoms with E-state index < -0.39 is 17.7 Å². The molecule has 6 heteroatoms. The molecule has 0 saturated carbocycles. The number of halogens is 1. The van der Waals surface area contributed by atoms with E-state index in [1.165, 1.54) is 17.7 Å². The Hall–Kier alpha value is -2.73. The SMILES string of the molecule is O=C(O)c1ccc(C(=O)NCCCOCCc2ccccc2)c(F)c1. The second-order valence-electron chi connectivity index (χ2n) is 5.46. The molecule has 0 radical (unpaired) electrons. The van der Waals surface area contributed by atoms with Crippen LogP contribution in [-0.4, -0.2) is 36.7 Å². The molecule has 0 atom stereocenters. The largest absolute Gasteiger partial charge is 0.478 e. The zero-order valence-corrected chi connectivity index (χ0v) is 13.7. The molecule has 2 N–H and O–H groups in total. The van der Waals surface area contributed by atoms with E-state index in [0.29, 0.717) is 26.2 Å². The number of hydrogen-bond acceptors (Lipinski definition) is 3. The third-order valence-electron chi connectivity index (χ3n) is 3.59. The van der Waals surface area contributed by atoms with Crippen molar-refractivity contribution in [3.05, 3.63) is 71.0 Å². The topological polar surface area (TPSA) is 75.6 Å². The summed E-state index contributed by atoms with van der Waals surface area (Å²) < 4.78 is 19.2. The van der Waals surface area contributed by atoms with Crippen molar-refractivity contribution in [2.75, 3.05) is 19.8 Å². The first-order valence-electron chi connectivity index (χ1n) is 8.00. The normalized spacial score (nSPS) is 10.4. The summed E-state index contributed by atoms with van der Waals surface area (Å²) in [5, 5.41) is 11.4. The number of benzene rings is 2. The van der Waals surface area contributed by atoms with E-state index in [0.717, 1.165) is 12.5 Å². The molecule has 0 aliphatic heterocycles. The van der Waals surface area contributed by atoms with Gasteiger partial charge in [0.25, 0.3) is 5.91 Å². The van der Waals surface area contributed by atoms with Gasteiger partial charge in [-0.2, -0.15) is 0 Å². The van der Waals surface area contributed by atoms with Crippen molar-refractivity contribution >= 4 is 11.9 Å². The third-order valence-corrected chi connectivity index (χ3v) is 3.59. The highest BCUT2D eigenvalue weighted by atomic mass is 19.1. The van der Waals surface area contributed by atoms with Crippen molar-refractivity contribution in [3.63, 3.8) is 0 Å². The zero-order valence-electron chi connectivity index (χ0n) is 13.7. The van der Waals surface area contributed by atoms with E-state index in [-0.39, 0.29) is 11.1 Å². The maximum atomic E-state index is 13.7. The van der Waals surface area contributed by atoms with Gasteiger partial charge in [0.15, 0.2) is 0 Å². The number of hydrogen-bond donors (Lipinski definition) is 2. The predicted molar refractivity (Wildman–Crippen MR) is 91.3 cm³/mol. The molecule has 25 heavy (non-hydrogen) atoms. The Kier molecular flexibility index (Phi) is 7.10. The fraction of sp³-hybridized carbons (Fsp3) is 0.263. The summed E-state index contributed by atoms with van der Waals surface area (Å²) in [5.41, 5.74) is 0.840. The van der Waals surface area contributed by atoms with Crippen LogP contribution >= 0.6 is 0 Å². The van der Waals surface area contributed by atoms with Gasteiger partial charge < -0.3 is 15.2 Å². The average Bonchev–Trinajstić information content (AvgIpc) is 2.61. The Morgan fingerprint density at radius 2 is 1.84 bits per heavy atom. The molecule has 2 rings (SSSR count). The van der Waals surface area contributed by atoms with Crippen LogP contribution < -0.4 is 5.32 Å². The maximum Gasteiger partial charge on any atom is 0.335 e. The quantitative estimate of drug-likeness (QED) is 0.685. The molecule has 0 bridgehead atoms. The monoisotopic (exact) mass is 345 g/mol. The Balaban J connectivity index is 1.64. The summed E-state index contributed by atoms with van der Waals surface area (Å²) >= 11 is 0. The van der Waals surface area contributed by atoms with Crippen molar-refractivity contribution in [2.24, 2.45) is 0 Å². The lowest BCUT2D eigenvalue weighted by atomic mass is 10.1. The van der Waals surface area contributed by atoms with E-state index in [1.807, 2.05) is 30.3 Å². The van der Waals surface area contributed by atoms with E-state index in [4.69, 9.17) is 9.84 Å². The van der Waals surface area contributed by atoms with Crippen molar-refractivity contribution in [1.82, 2.24) is 5.32 Å². The summed E-state index contributed by atoms with van der Waals surface area (Å²) in [6.45, 7) is 1.45. The van der Waals surface area contributed by atoms with Gasteiger partial charge in [0.2, 0.25) is 0 Å². The Morgan fingerprint density at radius 3 is 2.52 bits per heavy atom. The lowest BCUT2D eigenvalue weighted by Gasteiger charge is -2.07. The first-order chi connectivity index (χ1) is 12.1. The molecule has 5 nitrogen and oxygen atoms in total. The summed E-state index contributed by atoms with van der Waals surface area (Å²) in [5.74, 6) is -2.66. The van der Waals surface area contributed by atoms with Crippen molar-refractivity contribution in [1.29, 1.82) is 0 Å². The summed E-state index contributed by atoms with van der Waals surface area (Å²) in [6.07, 6.45) is 1.43. The van der Waals surface area contributed by atoms with Crippen LogP contribution in [0.15, 0.2) is 48.5 Å². The van der Waals surface area contributed by atoms with Crippen molar-refractivity contribution in [2.45, 2.75) is 12.8 Å². The Morgan fingerprint density at radius 1 is 1.08 bits per heavy atom. The number of aromatic carboxylic acids is 1. The third kappa shape index (κ3) is 6.00. The average molecular weight is 345 g/mol. The second kappa shape index (κ2) is 9.54. The first-order valence-corrected chi connectivity index (χ1v) is 8.00. The van der Waals surface area contributed by atoms with Crippen molar-refractivity contribution < 1.29 is 23.8 Å². The number of amides is 1. The molecular weight excluding hydrogens is 325 g/mol. The van der Waals surface area contributed by atoms with E-state index in [9.17, 15) is 14.0 Å². The smallest absolute Gasteiger partial charge is 0.335 e. The molecule has 132 valence electrons. The van der Waals surface area contributed by atoms with E-state index in [1.54, 1.807) is 0 Å². The second-order valence-corrected chi connectivity index (χ2v) is 5.46. The lowest BCUT2D eigenvalue weighted by molar-refractivity contribution is 0.0695. The van der Waals surface area contributed by atoms with Gasteiger partial charge in [-0.1, -0.05) is 30.3 Å². The summed E-state index contributed by atoms with van der Waals surface area (Å²) in [7, 11) is 0. The molecular formula is C19H20FNO4. The number of carboxylic acids is 1. The maximum absolute atomic E-state index is 13.7. The minimum Gasteiger partial charge on any atom is -0.478 e. The van der Waals surface area contributed by atoms with Gasteiger partial charge in [0.1, 0.15) is 5.82 Å². The van der Waals surface area contributed by atoms with Crippen LogP contribution in [0.2, 0.25) is 0 Å². The molecule has 0 spiro atoms. The van der Waals surface area contributed by atoms with Crippen LogP contribution in [0.4, 0.5) is 4.39 Å². The van der Waals surface area contributed by atoms with Crippen LogP contribution in [-0.2, 0) is 11.2 Å². The van der Waals surface area contributed by atoms with Crippen LogP contribution in [0.1, 0.15) is 32.7 Å². The molecule has 0 fully saturated rings. The molecule has 0 aliphatic rings. The Bertz CT molecular complexity index is 719. The highest BCUT2D eigenvalue weighted by Crippen LogP contribution is 2.10. The lowest BCUT2D eigenvalue weighted by Crippen LogP contribution is -2.26. The Labute approximate surface area is 145 Å². The molecule has 2 aromatic carbocycles. The number of nitrogens with one attached hydrogen (secondary N) is 1. The van der Waals surface area contributed by atoms with Gasteiger partial charge in [-0.15, -0.1) is 0 Å². The molecule has 2 aromatic rings. The zero-order chi connectivity index (χ0) is 18.1. The molecule has 0 saturated heterocycles. The standard InChI is InChI=1S/C19H20FNO4/c20-17-13-15(19(23)24)7-8-16(17)18(22)21-10-4-11-25-12-9-14-5-2-1-3-6-14/h1-3,5-8,13H,4,9-12H2,(H,21,22)(H,23,24). The minimum absolute atomic E-state index is 0.171.